The van der Waals surface area contributed by atoms with Gasteiger partial charge in [-0.1, -0.05) is 53.2 Å². The Kier molecular flexibility index (Phi) is 31.7. The predicted molar refractivity (Wildman–Crippen MR) is 66.1 cm³/mol. The van der Waals surface area contributed by atoms with E-state index >= 15 is 0 Å². The molecule has 0 heteroatoms. The Morgan fingerprint density at radius 3 is 1.08 bits per heavy atom. The number of rotatable bonds is 3. The highest BCUT2D eigenvalue weighted by Gasteiger charge is 1.80. The van der Waals surface area contributed by atoms with Gasteiger partial charge in [-0.15, -0.1) is 13.2 Å². The van der Waals surface area contributed by atoms with E-state index in [1.165, 1.54) is 6.42 Å². The second kappa shape index (κ2) is 22.5. The zero-order valence-corrected chi connectivity index (χ0v) is 10.3. The van der Waals surface area contributed by atoms with E-state index in [9.17, 15) is 0 Å². The lowest BCUT2D eigenvalue weighted by Crippen LogP contribution is -1.77. The van der Waals surface area contributed by atoms with Crippen LogP contribution in [0.4, 0.5) is 0 Å². The van der Waals surface area contributed by atoms with Crippen LogP contribution in [0.2, 0.25) is 0 Å². The van der Waals surface area contributed by atoms with Gasteiger partial charge in [-0.3, -0.25) is 0 Å². The van der Waals surface area contributed by atoms with Gasteiger partial charge in [0.25, 0.3) is 0 Å². The van der Waals surface area contributed by atoms with Crippen LogP contribution in [0.5, 0.6) is 0 Å². The first kappa shape index (κ1) is 18.3. The average Bonchev–Trinajstić information content (AvgIpc) is 2.18. The van der Waals surface area contributed by atoms with Crippen molar-refractivity contribution in [2.24, 2.45) is 5.92 Å². The topological polar surface area (TPSA) is 0 Å². The fourth-order valence-corrected chi connectivity index (χ4v) is 0. The van der Waals surface area contributed by atoms with Gasteiger partial charge in [-0.2, -0.15) is 0 Å². The second-order valence-corrected chi connectivity index (χ2v) is 3.20. The van der Waals surface area contributed by atoms with Crippen molar-refractivity contribution >= 4 is 0 Å². The van der Waals surface area contributed by atoms with Crippen LogP contribution >= 0.6 is 0 Å². The summed E-state index contributed by atoms with van der Waals surface area (Å²) in [6.45, 7) is 17.7. The summed E-state index contributed by atoms with van der Waals surface area (Å²) in [6, 6.07) is 0. The molecule has 0 atom stereocenters. The van der Waals surface area contributed by atoms with E-state index in [4.69, 9.17) is 0 Å². The first-order chi connectivity index (χ1) is 6.10. The van der Waals surface area contributed by atoms with Crippen molar-refractivity contribution < 1.29 is 0 Å². The fraction of sp³-hybridized carbons (Fsp3) is 0.692. The standard InChI is InChI=1S/C5H12.2C4H8/c1-4-5(2)3;2*1-3-4-2/h5H,4H2,1-3H3;2*3H,1,4H2,2H3. The lowest BCUT2D eigenvalue weighted by Gasteiger charge is -1.90. The van der Waals surface area contributed by atoms with Crippen LogP contribution in [0.3, 0.4) is 0 Å². The summed E-state index contributed by atoms with van der Waals surface area (Å²) in [5.41, 5.74) is 0. The Hall–Kier alpha value is -0.520. The minimum atomic E-state index is 0.884. The highest BCUT2D eigenvalue weighted by atomic mass is 13.9. The molecular formula is C13H28. The summed E-state index contributed by atoms with van der Waals surface area (Å²) < 4.78 is 0. The van der Waals surface area contributed by atoms with Crippen LogP contribution in [0.15, 0.2) is 25.3 Å². The Morgan fingerprint density at radius 2 is 1.08 bits per heavy atom. The maximum Gasteiger partial charge on any atom is -0.0382 e. The zero-order valence-electron chi connectivity index (χ0n) is 10.3. The number of hydrogen-bond donors (Lipinski definition) is 0. The van der Waals surface area contributed by atoms with Crippen molar-refractivity contribution in [3.8, 4) is 0 Å². The van der Waals surface area contributed by atoms with Gasteiger partial charge in [-0.25, -0.2) is 0 Å². The molecule has 0 aliphatic heterocycles. The van der Waals surface area contributed by atoms with Crippen LogP contribution in [0.25, 0.3) is 0 Å². The van der Waals surface area contributed by atoms with Crippen molar-refractivity contribution in [3.63, 3.8) is 0 Å². The molecule has 80 valence electrons. The number of hydrogen-bond acceptors (Lipinski definition) is 0. The van der Waals surface area contributed by atoms with Gasteiger partial charge in [0.1, 0.15) is 0 Å². The van der Waals surface area contributed by atoms with E-state index in [0.717, 1.165) is 18.8 Å². The van der Waals surface area contributed by atoms with E-state index in [0.29, 0.717) is 0 Å². The minimum Gasteiger partial charge on any atom is -0.103 e. The third-order valence-corrected chi connectivity index (χ3v) is 1.39. The third-order valence-electron chi connectivity index (χ3n) is 1.39. The van der Waals surface area contributed by atoms with Crippen molar-refractivity contribution in [2.45, 2.75) is 53.9 Å². The lowest BCUT2D eigenvalue weighted by atomic mass is 10.2. The third kappa shape index (κ3) is 85.2. The highest BCUT2D eigenvalue weighted by Crippen LogP contribution is 1.93. The van der Waals surface area contributed by atoms with Crippen molar-refractivity contribution in [2.75, 3.05) is 0 Å². The Labute approximate surface area is 85.8 Å². The molecule has 0 heterocycles. The molecule has 0 rings (SSSR count). The molecule has 0 unspecified atom stereocenters. The minimum absolute atomic E-state index is 0.884. The van der Waals surface area contributed by atoms with Gasteiger partial charge in [0.05, 0.1) is 0 Å². The van der Waals surface area contributed by atoms with Gasteiger partial charge in [0.15, 0.2) is 0 Å². The van der Waals surface area contributed by atoms with E-state index in [1.54, 1.807) is 0 Å². The van der Waals surface area contributed by atoms with E-state index in [2.05, 4.69) is 47.8 Å². The van der Waals surface area contributed by atoms with Crippen LogP contribution in [-0.4, -0.2) is 0 Å². The summed E-state index contributed by atoms with van der Waals surface area (Å²) in [6.07, 6.45) is 7.22. The molecule has 0 aliphatic carbocycles. The molecular weight excluding hydrogens is 156 g/mol. The Morgan fingerprint density at radius 1 is 0.923 bits per heavy atom. The van der Waals surface area contributed by atoms with Crippen LogP contribution < -0.4 is 0 Å². The molecule has 0 saturated carbocycles. The van der Waals surface area contributed by atoms with E-state index < -0.39 is 0 Å². The average molecular weight is 184 g/mol. The normalized spacial score (nSPS) is 7.54. The van der Waals surface area contributed by atoms with Gasteiger partial charge in [0.2, 0.25) is 0 Å². The molecule has 0 saturated heterocycles. The molecule has 13 heavy (non-hydrogen) atoms. The fourth-order valence-electron chi connectivity index (χ4n) is 0. The Bertz CT molecular complexity index is 72.0. The van der Waals surface area contributed by atoms with Crippen molar-refractivity contribution in [3.05, 3.63) is 25.3 Å². The summed E-state index contributed by atoms with van der Waals surface area (Å²) in [4.78, 5) is 0. The molecule has 0 aromatic carbocycles. The molecule has 0 amide bonds. The largest absolute Gasteiger partial charge is 0.103 e. The Balaban J connectivity index is -0.000000117. The first-order valence-electron chi connectivity index (χ1n) is 5.32. The molecule has 0 aromatic heterocycles. The first-order valence-corrected chi connectivity index (χ1v) is 5.32. The molecule has 0 aromatic rings. The van der Waals surface area contributed by atoms with E-state index in [1.807, 2.05) is 12.2 Å². The molecule has 0 N–H and O–H groups in total. The van der Waals surface area contributed by atoms with Crippen molar-refractivity contribution in [1.82, 2.24) is 0 Å². The van der Waals surface area contributed by atoms with Crippen LogP contribution in [0.1, 0.15) is 53.9 Å². The van der Waals surface area contributed by atoms with Gasteiger partial charge in [-0.05, 0) is 18.8 Å². The monoisotopic (exact) mass is 184 g/mol. The summed E-state index contributed by atoms with van der Waals surface area (Å²) >= 11 is 0. The number of allylic oxidation sites excluding steroid dienone is 2. The molecule has 0 spiro atoms. The maximum atomic E-state index is 3.48. The van der Waals surface area contributed by atoms with Crippen LogP contribution in [0, 0.1) is 5.92 Å². The predicted octanol–water partition coefficient (Wildman–Crippen LogP) is 5.22. The molecule has 0 fully saturated rings. The molecule has 0 bridgehead atoms. The molecule has 0 aliphatic rings. The smallest absolute Gasteiger partial charge is 0.0382 e. The van der Waals surface area contributed by atoms with Crippen molar-refractivity contribution in [1.29, 1.82) is 0 Å². The van der Waals surface area contributed by atoms with Gasteiger partial charge >= 0.3 is 0 Å². The summed E-state index contributed by atoms with van der Waals surface area (Å²) in [7, 11) is 0. The molecule has 0 nitrogen and oxygen atoms in total. The highest BCUT2D eigenvalue weighted by molar-refractivity contribution is 4.60. The SMILES string of the molecule is C=CCC.C=CCC.CCC(C)C. The lowest BCUT2D eigenvalue weighted by molar-refractivity contribution is 0.626. The van der Waals surface area contributed by atoms with Gasteiger partial charge < -0.3 is 0 Å². The van der Waals surface area contributed by atoms with Crippen LogP contribution in [-0.2, 0) is 0 Å². The summed E-state index contributed by atoms with van der Waals surface area (Å²) in [5, 5.41) is 0. The maximum absolute atomic E-state index is 3.48. The quantitative estimate of drug-likeness (QED) is 0.528. The summed E-state index contributed by atoms with van der Waals surface area (Å²) in [5.74, 6) is 0.884. The van der Waals surface area contributed by atoms with E-state index in [-0.39, 0.29) is 0 Å². The molecule has 0 radical (unpaired) electrons. The second-order valence-electron chi connectivity index (χ2n) is 3.20. The van der Waals surface area contributed by atoms with Gasteiger partial charge in [0, 0.05) is 0 Å². The zero-order chi connectivity index (χ0) is 11.1.